The SMILES string of the molecule is CCNc1ccc(C)cc1C(=O)Nc1ccncc1F. The van der Waals surface area contributed by atoms with Crippen LogP contribution in [0.2, 0.25) is 0 Å². The molecule has 0 atom stereocenters. The lowest BCUT2D eigenvalue weighted by Crippen LogP contribution is -2.16. The zero-order chi connectivity index (χ0) is 14.5. The summed E-state index contributed by atoms with van der Waals surface area (Å²) in [5.74, 6) is -0.909. The van der Waals surface area contributed by atoms with Gasteiger partial charge in [-0.05, 0) is 32.0 Å². The lowest BCUT2D eigenvalue weighted by atomic mass is 10.1. The van der Waals surface area contributed by atoms with Crippen LogP contribution >= 0.6 is 0 Å². The molecule has 0 saturated carbocycles. The minimum atomic E-state index is -0.557. The maximum absolute atomic E-state index is 13.5. The third-order valence-electron chi connectivity index (χ3n) is 2.81. The van der Waals surface area contributed by atoms with Gasteiger partial charge in [-0.25, -0.2) is 4.39 Å². The second-order valence-electron chi connectivity index (χ2n) is 4.39. The molecular weight excluding hydrogens is 257 g/mol. The number of pyridine rings is 1. The van der Waals surface area contributed by atoms with Gasteiger partial charge in [-0.3, -0.25) is 9.78 Å². The maximum atomic E-state index is 13.5. The third-order valence-corrected chi connectivity index (χ3v) is 2.81. The fourth-order valence-corrected chi connectivity index (χ4v) is 1.86. The molecule has 2 aromatic rings. The van der Waals surface area contributed by atoms with Gasteiger partial charge in [0.15, 0.2) is 5.82 Å². The van der Waals surface area contributed by atoms with Gasteiger partial charge in [0.1, 0.15) is 0 Å². The molecule has 2 rings (SSSR count). The highest BCUT2D eigenvalue weighted by atomic mass is 19.1. The summed E-state index contributed by atoms with van der Waals surface area (Å²) in [7, 11) is 0. The van der Waals surface area contributed by atoms with Gasteiger partial charge in [0.2, 0.25) is 0 Å². The van der Waals surface area contributed by atoms with Crippen LogP contribution in [-0.2, 0) is 0 Å². The second kappa shape index (κ2) is 6.14. The van der Waals surface area contributed by atoms with E-state index in [1.807, 2.05) is 26.0 Å². The Morgan fingerprint density at radius 1 is 1.30 bits per heavy atom. The number of nitrogens with zero attached hydrogens (tertiary/aromatic N) is 1. The summed E-state index contributed by atoms with van der Waals surface area (Å²) in [6.07, 6.45) is 2.50. The number of benzene rings is 1. The third kappa shape index (κ3) is 3.12. The lowest BCUT2D eigenvalue weighted by molar-refractivity contribution is 0.102. The van der Waals surface area contributed by atoms with E-state index in [0.29, 0.717) is 12.1 Å². The summed E-state index contributed by atoms with van der Waals surface area (Å²) in [6, 6.07) is 6.96. The van der Waals surface area contributed by atoms with Crippen LogP contribution in [0, 0.1) is 12.7 Å². The minimum Gasteiger partial charge on any atom is -0.385 e. The molecule has 4 nitrogen and oxygen atoms in total. The number of anilines is 2. The van der Waals surface area contributed by atoms with Crippen molar-refractivity contribution < 1.29 is 9.18 Å². The first-order chi connectivity index (χ1) is 9.61. The zero-order valence-electron chi connectivity index (χ0n) is 11.4. The summed E-state index contributed by atoms with van der Waals surface area (Å²) in [5, 5.41) is 5.68. The Hall–Kier alpha value is -2.43. The first-order valence-corrected chi connectivity index (χ1v) is 6.37. The van der Waals surface area contributed by atoms with Crippen molar-refractivity contribution in [1.29, 1.82) is 0 Å². The summed E-state index contributed by atoms with van der Waals surface area (Å²) in [5.41, 5.74) is 2.30. The second-order valence-corrected chi connectivity index (χ2v) is 4.39. The predicted octanol–water partition coefficient (Wildman–Crippen LogP) is 3.21. The average molecular weight is 273 g/mol. The first kappa shape index (κ1) is 14.0. The molecule has 1 aromatic heterocycles. The Morgan fingerprint density at radius 2 is 2.10 bits per heavy atom. The van der Waals surface area contributed by atoms with Gasteiger partial charge in [-0.1, -0.05) is 11.6 Å². The van der Waals surface area contributed by atoms with Crippen LogP contribution in [0.1, 0.15) is 22.8 Å². The van der Waals surface area contributed by atoms with Crippen molar-refractivity contribution in [1.82, 2.24) is 4.98 Å². The summed E-state index contributed by atoms with van der Waals surface area (Å²) < 4.78 is 13.5. The Bertz CT molecular complexity index is 628. The van der Waals surface area contributed by atoms with Crippen molar-refractivity contribution in [2.45, 2.75) is 13.8 Å². The van der Waals surface area contributed by atoms with E-state index in [1.165, 1.54) is 12.3 Å². The number of carbonyl (C=O) groups excluding carboxylic acids is 1. The molecule has 0 fully saturated rings. The quantitative estimate of drug-likeness (QED) is 0.899. The molecule has 2 N–H and O–H groups in total. The van der Waals surface area contributed by atoms with Crippen LogP contribution in [0.4, 0.5) is 15.8 Å². The number of aromatic nitrogens is 1. The standard InChI is InChI=1S/C15H16FN3O/c1-3-18-13-5-4-10(2)8-11(13)15(20)19-14-6-7-17-9-12(14)16/h4-9,18H,3H2,1-2H3,(H,17,19,20). The molecule has 0 radical (unpaired) electrons. The van der Waals surface area contributed by atoms with E-state index in [2.05, 4.69) is 15.6 Å². The molecule has 0 aliphatic rings. The predicted molar refractivity (Wildman–Crippen MR) is 77.5 cm³/mol. The van der Waals surface area contributed by atoms with Crippen LogP contribution < -0.4 is 10.6 Å². The number of amides is 1. The zero-order valence-corrected chi connectivity index (χ0v) is 11.4. The maximum Gasteiger partial charge on any atom is 0.257 e. The highest BCUT2D eigenvalue weighted by molar-refractivity contribution is 6.08. The van der Waals surface area contributed by atoms with Gasteiger partial charge in [-0.2, -0.15) is 0 Å². The molecule has 20 heavy (non-hydrogen) atoms. The van der Waals surface area contributed by atoms with Gasteiger partial charge in [-0.15, -0.1) is 0 Å². The van der Waals surface area contributed by atoms with Crippen molar-refractivity contribution in [3.63, 3.8) is 0 Å². The molecule has 0 aliphatic heterocycles. The van der Waals surface area contributed by atoms with Gasteiger partial charge < -0.3 is 10.6 Å². The molecule has 5 heteroatoms. The van der Waals surface area contributed by atoms with Crippen molar-refractivity contribution >= 4 is 17.3 Å². The fraction of sp³-hybridized carbons (Fsp3) is 0.200. The highest BCUT2D eigenvalue weighted by Gasteiger charge is 2.13. The first-order valence-electron chi connectivity index (χ1n) is 6.37. The molecule has 104 valence electrons. The number of carbonyl (C=O) groups is 1. The van der Waals surface area contributed by atoms with Crippen LogP contribution in [0.3, 0.4) is 0 Å². The lowest BCUT2D eigenvalue weighted by Gasteiger charge is -2.12. The summed E-state index contributed by atoms with van der Waals surface area (Å²) in [4.78, 5) is 15.9. The number of hydrogen-bond acceptors (Lipinski definition) is 3. The van der Waals surface area contributed by atoms with Crippen LogP contribution in [0.5, 0.6) is 0 Å². The Kier molecular flexibility index (Phi) is 4.30. The van der Waals surface area contributed by atoms with Crippen LogP contribution in [-0.4, -0.2) is 17.4 Å². The molecule has 0 saturated heterocycles. The van der Waals surface area contributed by atoms with Crippen molar-refractivity contribution in [2.24, 2.45) is 0 Å². The van der Waals surface area contributed by atoms with Crippen molar-refractivity contribution in [2.75, 3.05) is 17.2 Å². The summed E-state index contributed by atoms with van der Waals surface area (Å²) >= 11 is 0. The van der Waals surface area contributed by atoms with E-state index >= 15 is 0 Å². The van der Waals surface area contributed by atoms with Crippen LogP contribution in [0.25, 0.3) is 0 Å². The van der Waals surface area contributed by atoms with E-state index in [-0.39, 0.29) is 11.6 Å². The van der Waals surface area contributed by atoms with Gasteiger partial charge >= 0.3 is 0 Å². The summed E-state index contributed by atoms with van der Waals surface area (Å²) in [6.45, 7) is 4.55. The number of nitrogens with one attached hydrogen (secondary N) is 2. The number of hydrogen-bond donors (Lipinski definition) is 2. The van der Waals surface area contributed by atoms with E-state index < -0.39 is 5.82 Å². The highest BCUT2D eigenvalue weighted by Crippen LogP contribution is 2.20. The van der Waals surface area contributed by atoms with Gasteiger partial charge in [0, 0.05) is 18.4 Å². The molecule has 0 bridgehead atoms. The van der Waals surface area contributed by atoms with E-state index in [0.717, 1.165) is 17.4 Å². The molecule has 1 heterocycles. The van der Waals surface area contributed by atoms with Crippen molar-refractivity contribution in [3.05, 3.63) is 53.6 Å². The molecular formula is C15H16FN3O. The molecule has 0 unspecified atom stereocenters. The molecule has 1 amide bonds. The van der Waals surface area contributed by atoms with Gasteiger partial charge in [0.05, 0.1) is 17.4 Å². The molecule has 0 spiro atoms. The normalized spacial score (nSPS) is 10.2. The van der Waals surface area contributed by atoms with Crippen molar-refractivity contribution in [3.8, 4) is 0 Å². The van der Waals surface area contributed by atoms with E-state index in [4.69, 9.17) is 0 Å². The average Bonchev–Trinajstić information content (AvgIpc) is 2.43. The topological polar surface area (TPSA) is 54.0 Å². The Morgan fingerprint density at radius 3 is 2.80 bits per heavy atom. The smallest absolute Gasteiger partial charge is 0.257 e. The minimum absolute atomic E-state index is 0.119. The number of rotatable bonds is 4. The molecule has 1 aromatic carbocycles. The number of halogens is 1. The van der Waals surface area contributed by atoms with E-state index in [1.54, 1.807) is 6.07 Å². The van der Waals surface area contributed by atoms with E-state index in [9.17, 15) is 9.18 Å². The molecule has 0 aliphatic carbocycles. The largest absolute Gasteiger partial charge is 0.385 e. The monoisotopic (exact) mass is 273 g/mol. The van der Waals surface area contributed by atoms with Crippen LogP contribution in [0.15, 0.2) is 36.7 Å². The van der Waals surface area contributed by atoms with Gasteiger partial charge in [0.25, 0.3) is 5.91 Å². The Balaban J connectivity index is 2.29. The number of aryl methyl sites for hydroxylation is 1. The fourth-order valence-electron chi connectivity index (χ4n) is 1.86. The Labute approximate surface area is 117 Å².